The number of aliphatic imine (C=N–C) groups is 1. The summed E-state index contributed by atoms with van der Waals surface area (Å²) in [4.78, 5) is 9.38. The summed E-state index contributed by atoms with van der Waals surface area (Å²) in [5.41, 5.74) is 0.326. The second-order valence-corrected chi connectivity index (χ2v) is 8.45. The largest absolute Gasteiger partial charge is 0.394 e. The highest BCUT2D eigenvalue weighted by Crippen LogP contribution is 2.41. The van der Waals surface area contributed by atoms with E-state index < -0.39 is 30.1 Å². The minimum absolute atomic E-state index is 0.268. The molecule has 0 amide bonds. The summed E-state index contributed by atoms with van der Waals surface area (Å²) >= 11 is 12.1. The number of ether oxygens (including phenoxy) is 1. The number of nitrogens with zero attached hydrogens (tertiary/aromatic N) is 3. The zero-order chi connectivity index (χ0) is 22.3. The van der Waals surface area contributed by atoms with Gasteiger partial charge in [-0.2, -0.15) is 0 Å². The van der Waals surface area contributed by atoms with E-state index in [2.05, 4.69) is 10.1 Å². The van der Waals surface area contributed by atoms with Crippen LogP contribution in [0.25, 0.3) is 0 Å². The molecule has 3 heterocycles. The Bertz CT molecular complexity index is 1040. The molecule has 0 saturated carbocycles. The molecule has 2 aromatic rings. The van der Waals surface area contributed by atoms with E-state index in [0.29, 0.717) is 29.4 Å². The van der Waals surface area contributed by atoms with E-state index in [9.17, 15) is 15.3 Å². The number of hydrogen-bond donors (Lipinski definition) is 3. The van der Waals surface area contributed by atoms with E-state index in [1.807, 2.05) is 6.92 Å². The zero-order valence-corrected chi connectivity index (χ0v) is 18.5. The lowest BCUT2D eigenvalue weighted by atomic mass is 9.87. The van der Waals surface area contributed by atoms with Gasteiger partial charge in [0.15, 0.2) is 12.1 Å². The molecule has 4 rings (SSSR count). The molecule has 166 valence electrons. The summed E-state index contributed by atoms with van der Waals surface area (Å²) in [6.07, 6.45) is -0.739. The number of rotatable bonds is 5. The van der Waals surface area contributed by atoms with Crippen molar-refractivity contribution in [1.82, 2.24) is 4.57 Å². The third-order valence-corrected chi connectivity index (χ3v) is 6.35. The van der Waals surface area contributed by atoms with Crippen LogP contribution >= 0.6 is 23.2 Å². The van der Waals surface area contributed by atoms with Gasteiger partial charge in [0.05, 0.1) is 10.0 Å². The van der Waals surface area contributed by atoms with Crippen LogP contribution in [0.1, 0.15) is 36.9 Å². The molecule has 1 saturated heterocycles. The van der Waals surface area contributed by atoms with Crippen molar-refractivity contribution in [1.29, 1.82) is 0 Å². The molecular formula is C21H23Cl2N3O5. The van der Waals surface area contributed by atoms with Crippen molar-refractivity contribution < 1.29 is 24.9 Å². The Labute approximate surface area is 189 Å². The average molecular weight is 468 g/mol. The Balaban J connectivity index is 1.64. The highest BCUT2D eigenvalue weighted by molar-refractivity contribution is 6.42. The Morgan fingerprint density at radius 2 is 2.03 bits per heavy atom. The van der Waals surface area contributed by atoms with E-state index in [4.69, 9.17) is 32.8 Å². The number of amidine groups is 1. The van der Waals surface area contributed by atoms with Gasteiger partial charge in [0.2, 0.25) is 0 Å². The van der Waals surface area contributed by atoms with Gasteiger partial charge in [0.1, 0.15) is 30.5 Å². The predicted molar refractivity (Wildman–Crippen MR) is 117 cm³/mol. The number of halogens is 2. The van der Waals surface area contributed by atoms with Gasteiger partial charge in [0.25, 0.3) is 0 Å². The molecule has 1 aromatic carbocycles. The quantitative estimate of drug-likeness (QED) is 0.585. The van der Waals surface area contributed by atoms with E-state index in [-0.39, 0.29) is 5.02 Å². The van der Waals surface area contributed by atoms with Crippen LogP contribution in [-0.4, -0.2) is 56.9 Å². The predicted octanol–water partition coefficient (Wildman–Crippen LogP) is 2.65. The summed E-state index contributed by atoms with van der Waals surface area (Å²) in [7, 11) is 0. The Kier molecular flexibility index (Phi) is 6.13. The number of aliphatic hydroxyl groups excluding tert-OH is 2. The highest BCUT2D eigenvalue weighted by atomic mass is 35.5. The topological polar surface area (TPSA) is 109 Å². The fourth-order valence-corrected chi connectivity index (χ4v) is 4.25. The van der Waals surface area contributed by atoms with Gasteiger partial charge in [-0.3, -0.25) is 0 Å². The van der Waals surface area contributed by atoms with Crippen molar-refractivity contribution >= 4 is 35.3 Å². The molecule has 2 aliphatic rings. The summed E-state index contributed by atoms with van der Waals surface area (Å²) in [5.74, 6) is 0.425. The minimum Gasteiger partial charge on any atom is -0.394 e. The first-order valence-electron chi connectivity index (χ1n) is 9.87. The van der Waals surface area contributed by atoms with Crippen molar-refractivity contribution in [2.45, 2.75) is 50.4 Å². The maximum Gasteiger partial charge on any atom is 0.200 e. The van der Waals surface area contributed by atoms with Crippen molar-refractivity contribution in [3.8, 4) is 0 Å². The lowest BCUT2D eigenvalue weighted by molar-refractivity contribution is -0.136. The highest BCUT2D eigenvalue weighted by Gasteiger charge is 2.52. The van der Waals surface area contributed by atoms with Crippen molar-refractivity contribution in [3.63, 3.8) is 0 Å². The van der Waals surface area contributed by atoms with Gasteiger partial charge < -0.3 is 29.5 Å². The first-order valence-corrected chi connectivity index (χ1v) is 10.6. The van der Waals surface area contributed by atoms with Crippen LogP contribution in [0.2, 0.25) is 10.0 Å². The molecule has 10 heteroatoms. The number of aliphatic hydroxyl groups is 3. The molecular weight excluding hydrogens is 445 g/mol. The molecule has 1 aromatic heterocycles. The van der Waals surface area contributed by atoms with Crippen LogP contribution < -0.4 is 0 Å². The van der Waals surface area contributed by atoms with Crippen molar-refractivity contribution in [2.24, 2.45) is 10.1 Å². The minimum atomic E-state index is -1.64. The number of aromatic nitrogens is 1. The monoisotopic (exact) mass is 467 g/mol. The number of fused-ring (bicyclic) bond motifs is 1. The molecule has 8 nitrogen and oxygen atoms in total. The Hall–Kier alpha value is -1.94. The first kappa shape index (κ1) is 22.3. The van der Waals surface area contributed by atoms with Gasteiger partial charge >= 0.3 is 0 Å². The maximum atomic E-state index is 11.2. The van der Waals surface area contributed by atoms with Gasteiger partial charge in [0, 0.05) is 30.1 Å². The van der Waals surface area contributed by atoms with Crippen LogP contribution in [0.4, 0.5) is 0 Å². The van der Waals surface area contributed by atoms with E-state index >= 15 is 0 Å². The van der Waals surface area contributed by atoms with Crippen LogP contribution in [0, 0.1) is 0 Å². The van der Waals surface area contributed by atoms with E-state index in [1.54, 1.807) is 35.2 Å². The summed E-state index contributed by atoms with van der Waals surface area (Å²) in [5, 5.41) is 37.4. The van der Waals surface area contributed by atoms with Crippen LogP contribution in [0.15, 0.2) is 40.6 Å². The summed E-state index contributed by atoms with van der Waals surface area (Å²) < 4.78 is 7.75. The molecule has 0 bridgehead atoms. The molecule has 1 fully saturated rings. The third kappa shape index (κ3) is 3.88. The van der Waals surface area contributed by atoms with Crippen LogP contribution in [0.3, 0.4) is 0 Å². The molecule has 2 aliphatic heterocycles. The molecule has 3 N–H and O–H groups in total. The SMILES string of the molecule is CCO/N=C1/N=CCc2c1ccn2[C@@H]1O[C@H]([C@](C)(O)c2ccc(Cl)c(Cl)c2)[C@@H](O)[C@H]1O. The fourth-order valence-electron chi connectivity index (χ4n) is 3.95. The normalized spacial score (nSPS) is 28.5. The lowest BCUT2D eigenvalue weighted by Crippen LogP contribution is -2.45. The first-order chi connectivity index (χ1) is 14.8. The standard InChI is InChI=1S/C21H23Cl2N3O5/c1-3-30-25-19-12-7-9-26(15(12)6-8-24-19)20-17(28)16(27)18(31-20)21(2,29)11-4-5-13(22)14(23)10-11/h4-5,7-10,16-18,20,27-29H,3,6H2,1-2H3/b25-19+/t16-,17+,18-,20+,21+/m0/s1. The Morgan fingerprint density at radius 3 is 2.74 bits per heavy atom. The average Bonchev–Trinajstić information content (AvgIpc) is 3.30. The lowest BCUT2D eigenvalue weighted by Gasteiger charge is -2.32. The van der Waals surface area contributed by atoms with Gasteiger partial charge in [-0.1, -0.05) is 34.4 Å². The molecule has 0 unspecified atom stereocenters. The number of benzene rings is 1. The second-order valence-electron chi connectivity index (χ2n) is 7.64. The van der Waals surface area contributed by atoms with Gasteiger partial charge in [-0.25, -0.2) is 4.99 Å². The molecule has 0 spiro atoms. The molecule has 5 atom stereocenters. The third-order valence-electron chi connectivity index (χ3n) is 5.61. The van der Waals surface area contributed by atoms with E-state index in [1.165, 1.54) is 13.0 Å². The van der Waals surface area contributed by atoms with E-state index in [0.717, 1.165) is 11.3 Å². The maximum absolute atomic E-state index is 11.2. The molecule has 31 heavy (non-hydrogen) atoms. The zero-order valence-electron chi connectivity index (χ0n) is 16.9. The smallest absolute Gasteiger partial charge is 0.200 e. The van der Waals surface area contributed by atoms with Crippen molar-refractivity contribution in [3.05, 3.63) is 57.3 Å². The van der Waals surface area contributed by atoms with Gasteiger partial charge in [-0.05, 0) is 37.6 Å². The van der Waals surface area contributed by atoms with Crippen LogP contribution in [-0.2, 0) is 21.6 Å². The van der Waals surface area contributed by atoms with Gasteiger partial charge in [-0.15, -0.1) is 0 Å². The van der Waals surface area contributed by atoms with Crippen molar-refractivity contribution in [2.75, 3.05) is 6.61 Å². The number of hydrogen-bond acceptors (Lipinski definition) is 6. The molecule has 0 aliphatic carbocycles. The fraction of sp³-hybridized carbons (Fsp3) is 0.429. The van der Waals surface area contributed by atoms with Crippen LogP contribution in [0.5, 0.6) is 0 Å². The summed E-state index contributed by atoms with van der Waals surface area (Å²) in [6.45, 7) is 3.74. The Morgan fingerprint density at radius 1 is 1.26 bits per heavy atom. The summed E-state index contributed by atoms with van der Waals surface area (Å²) in [6, 6.07) is 6.49. The molecule has 0 radical (unpaired) electrons. The second kappa shape index (κ2) is 8.54. The number of oxime groups is 1.